The maximum atomic E-state index is 3.48. The predicted octanol–water partition coefficient (Wildman–Crippen LogP) is 5.95. The van der Waals surface area contributed by atoms with E-state index in [1.165, 1.54) is 16.7 Å². The molecule has 0 bridgehead atoms. The van der Waals surface area contributed by atoms with Crippen molar-refractivity contribution in [3.05, 3.63) is 86.8 Å². The van der Waals surface area contributed by atoms with Crippen LogP contribution in [0.3, 0.4) is 0 Å². The maximum absolute atomic E-state index is 3.48. The van der Waals surface area contributed by atoms with Crippen LogP contribution in [0.5, 0.6) is 0 Å². The van der Waals surface area contributed by atoms with E-state index in [1.807, 2.05) is 0 Å². The number of halogens is 2. The minimum absolute atomic E-state index is 0.356. The molecule has 1 unspecified atom stereocenters. The summed E-state index contributed by atoms with van der Waals surface area (Å²) in [5.74, 6) is 0.356. The Labute approximate surface area is 130 Å². The standard InChI is InChI=1S/C17H12Br2/c18-14-8-4-12(5-9-14)16-2-1-3-17(16)13-6-10-15(19)11-7-13/h1-11,16H. The Morgan fingerprint density at radius 1 is 0.737 bits per heavy atom. The number of rotatable bonds is 2. The van der Waals surface area contributed by atoms with Crippen molar-refractivity contribution in [2.45, 2.75) is 5.92 Å². The van der Waals surface area contributed by atoms with Crippen LogP contribution >= 0.6 is 31.9 Å². The van der Waals surface area contributed by atoms with E-state index < -0.39 is 0 Å². The lowest BCUT2D eigenvalue weighted by atomic mass is 9.89. The van der Waals surface area contributed by atoms with E-state index in [0.717, 1.165) is 8.95 Å². The molecule has 1 aliphatic rings. The van der Waals surface area contributed by atoms with Gasteiger partial charge in [-0.2, -0.15) is 0 Å². The van der Waals surface area contributed by atoms with Crippen LogP contribution in [0.25, 0.3) is 5.57 Å². The van der Waals surface area contributed by atoms with Crippen LogP contribution in [0.2, 0.25) is 0 Å². The second-order valence-corrected chi connectivity index (χ2v) is 6.37. The molecule has 0 amide bonds. The highest BCUT2D eigenvalue weighted by Gasteiger charge is 2.18. The number of benzene rings is 2. The van der Waals surface area contributed by atoms with Gasteiger partial charge >= 0.3 is 0 Å². The van der Waals surface area contributed by atoms with Gasteiger partial charge in [0.15, 0.2) is 0 Å². The summed E-state index contributed by atoms with van der Waals surface area (Å²) in [6.45, 7) is 0. The van der Waals surface area contributed by atoms with Crippen molar-refractivity contribution >= 4 is 37.4 Å². The molecule has 0 heterocycles. The topological polar surface area (TPSA) is 0 Å². The lowest BCUT2D eigenvalue weighted by Gasteiger charge is -2.15. The van der Waals surface area contributed by atoms with Gasteiger partial charge in [0.05, 0.1) is 0 Å². The highest BCUT2D eigenvalue weighted by atomic mass is 79.9. The Morgan fingerprint density at radius 3 is 1.95 bits per heavy atom. The number of allylic oxidation sites excluding steroid dienone is 4. The quantitative estimate of drug-likeness (QED) is 0.608. The predicted molar refractivity (Wildman–Crippen MR) is 88.1 cm³/mol. The van der Waals surface area contributed by atoms with Crippen molar-refractivity contribution < 1.29 is 0 Å². The monoisotopic (exact) mass is 374 g/mol. The van der Waals surface area contributed by atoms with Gasteiger partial charge in [-0.25, -0.2) is 0 Å². The third-order valence-electron chi connectivity index (χ3n) is 3.32. The summed E-state index contributed by atoms with van der Waals surface area (Å²) in [7, 11) is 0. The lowest BCUT2D eigenvalue weighted by Crippen LogP contribution is -1.96. The van der Waals surface area contributed by atoms with Crippen LogP contribution in [0, 0.1) is 0 Å². The Balaban J connectivity index is 1.94. The Bertz CT molecular complexity index is 634. The van der Waals surface area contributed by atoms with Crippen molar-refractivity contribution in [1.29, 1.82) is 0 Å². The first-order valence-electron chi connectivity index (χ1n) is 6.14. The molecular weight excluding hydrogens is 364 g/mol. The summed E-state index contributed by atoms with van der Waals surface area (Å²) < 4.78 is 2.23. The van der Waals surface area contributed by atoms with Gasteiger partial charge in [-0.05, 0) is 41.0 Å². The third-order valence-corrected chi connectivity index (χ3v) is 4.38. The van der Waals surface area contributed by atoms with Crippen molar-refractivity contribution in [2.75, 3.05) is 0 Å². The van der Waals surface area contributed by atoms with Crippen molar-refractivity contribution in [3.8, 4) is 0 Å². The minimum atomic E-state index is 0.356. The summed E-state index contributed by atoms with van der Waals surface area (Å²) in [5, 5.41) is 0. The fourth-order valence-corrected chi connectivity index (χ4v) is 2.89. The Kier molecular flexibility index (Phi) is 3.72. The molecule has 0 aromatic heterocycles. The summed E-state index contributed by atoms with van der Waals surface area (Å²) in [4.78, 5) is 0. The first-order chi connectivity index (χ1) is 9.24. The van der Waals surface area contributed by atoms with Gasteiger partial charge in [0, 0.05) is 14.9 Å². The summed E-state index contributed by atoms with van der Waals surface area (Å²) in [6, 6.07) is 17.1. The van der Waals surface area contributed by atoms with Gasteiger partial charge in [-0.15, -0.1) is 0 Å². The SMILES string of the molecule is Brc1ccc(C2=CC=CC2c2ccc(Br)cc2)cc1. The summed E-state index contributed by atoms with van der Waals surface area (Å²) >= 11 is 6.97. The van der Waals surface area contributed by atoms with Gasteiger partial charge in [-0.1, -0.05) is 74.4 Å². The zero-order chi connectivity index (χ0) is 13.2. The van der Waals surface area contributed by atoms with E-state index >= 15 is 0 Å². The molecule has 94 valence electrons. The van der Waals surface area contributed by atoms with Crippen LogP contribution < -0.4 is 0 Å². The average molecular weight is 376 g/mol. The molecule has 0 saturated heterocycles. The fourth-order valence-electron chi connectivity index (χ4n) is 2.36. The second-order valence-electron chi connectivity index (χ2n) is 4.54. The van der Waals surface area contributed by atoms with Crippen molar-refractivity contribution in [1.82, 2.24) is 0 Å². The average Bonchev–Trinajstić information content (AvgIpc) is 2.90. The molecular formula is C17H12Br2. The fraction of sp³-hybridized carbons (Fsp3) is 0.0588. The number of hydrogen-bond acceptors (Lipinski definition) is 0. The first kappa shape index (κ1) is 12.9. The first-order valence-corrected chi connectivity index (χ1v) is 7.72. The molecule has 1 atom stereocenters. The Hall–Kier alpha value is -1.12. The van der Waals surface area contributed by atoms with E-state index in [4.69, 9.17) is 0 Å². The van der Waals surface area contributed by atoms with E-state index in [2.05, 4.69) is 98.6 Å². The molecule has 2 heteroatoms. The third kappa shape index (κ3) is 2.75. The molecule has 0 fully saturated rings. The largest absolute Gasteiger partial charge is 0.0726 e. The summed E-state index contributed by atoms with van der Waals surface area (Å²) in [6.07, 6.45) is 6.60. The van der Waals surface area contributed by atoms with Crippen LogP contribution in [0.1, 0.15) is 17.0 Å². The second kappa shape index (κ2) is 5.48. The lowest BCUT2D eigenvalue weighted by molar-refractivity contribution is 1.12. The molecule has 2 aromatic rings. The zero-order valence-electron chi connectivity index (χ0n) is 10.2. The van der Waals surface area contributed by atoms with Crippen molar-refractivity contribution in [2.24, 2.45) is 0 Å². The number of hydrogen-bond donors (Lipinski definition) is 0. The highest BCUT2D eigenvalue weighted by Crippen LogP contribution is 2.37. The molecule has 0 radical (unpaired) electrons. The molecule has 2 aromatic carbocycles. The smallest absolute Gasteiger partial charge is 0.0278 e. The van der Waals surface area contributed by atoms with Crippen LogP contribution in [-0.4, -0.2) is 0 Å². The van der Waals surface area contributed by atoms with Crippen LogP contribution in [0.4, 0.5) is 0 Å². The molecule has 0 aliphatic heterocycles. The molecule has 0 spiro atoms. The normalized spacial score (nSPS) is 17.6. The maximum Gasteiger partial charge on any atom is 0.0278 e. The van der Waals surface area contributed by atoms with Gasteiger partial charge in [0.2, 0.25) is 0 Å². The molecule has 0 nitrogen and oxygen atoms in total. The van der Waals surface area contributed by atoms with E-state index in [-0.39, 0.29) is 0 Å². The molecule has 19 heavy (non-hydrogen) atoms. The highest BCUT2D eigenvalue weighted by molar-refractivity contribution is 9.10. The van der Waals surface area contributed by atoms with Gasteiger partial charge < -0.3 is 0 Å². The summed E-state index contributed by atoms with van der Waals surface area (Å²) in [5.41, 5.74) is 3.96. The minimum Gasteiger partial charge on any atom is -0.0726 e. The van der Waals surface area contributed by atoms with Gasteiger partial charge in [-0.3, -0.25) is 0 Å². The van der Waals surface area contributed by atoms with Gasteiger partial charge in [0.25, 0.3) is 0 Å². The van der Waals surface area contributed by atoms with Crippen LogP contribution in [-0.2, 0) is 0 Å². The molecule has 0 saturated carbocycles. The molecule has 0 N–H and O–H groups in total. The van der Waals surface area contributed by atoms with Crippen molar-refractivity contribution in [3.63, 3.8) is 0 Å². The van der Waals surface area contributed by atoms with Crippen LogP contribution in [0.15, 0.2) is 75.7 Å². The van der Waals surface area contributed by atoms with E-state index in [9.17, 15) is 0 Å². The van der Waals surface area contributed by atoms with E-state index in [0.29, 0.717) is 5.92 Å². The molecule has 3 rings (SSSR count). The van der Waals surface area contributed by atoms with Gasteiger partial charge in [0.1, 0.15) is 0 Å². The molecule has 1 aliphatic carbocycles. The zero-order valence-corrected chi connectivity index (χ0v) is 13.4. The Morgan fingerprint density at radius 2 is 1.32 bits per heavy atom. The van der Waals surface area contributed by atoms with E-state index in [1.54, 1.807) is 0 Å².